The zero-order chi connectivity index (χ0) is 57.5. The number of ether oxygens (including phenoxy) is 6. The molecule has 17 heteroatoms. The standard InChI is InChI=1S/C31H36N2O5S.C27H29NO4.C4H9NO2S/c1-30(2,3)38-29(35)33-25(27-32-26(21-39-27)28(34)36-4)20-37-31(22-14-8-5-9-15-22,23-16-10-6-11-17-23)24-18-12-7-13-19-24;1-26(2,3)32-25(30)28-24(19-29)20-31-27(21-13-7-4-8-14-21,22-15-9-5-10-16-22)23-17-11-6-12-18-23;1-7-4(6)3(5)2-8/h5-19,25-27,32H,20-21H2,1-4H3,(H,33,35);4-19,24H,20H2,1-3H3,(H,28,30);3,8H,2,5H2,1H3/t25?,26-,27?;;/m0../s1. The van der Waals surface area contributed by atoms with Crippen molar-refractivity contribution in [2.24, 2.45) is 5.73 Å². The van der Waals surface area contributed by atoms with Crippen LogP contribution in [0.5, 0.6) is 0 Å². The Bertz CT molecular complexity index is 2600. The number of methoxy groups -OCH3 is 2. The van der Waals surface area contributed by atoms with E-state index in [1.807, 2.05) is 203 Å². The average molecular weight is 1120 g/mol. The highest BCUT2D eigenvalue weighted by molar-refractivity contribution is 8.00. The van der Waals surface area contributed by atoms with Gasteiger partial charge in [0.2, 0.25) is 0 Å². The smallest absolute Gasteiger partial charge is 0.408 e. The van der Waals surface area contributed by atoms with Gasteiger partial charge in [0.25, 0.3) is 0 Å². The number of hydrogen-bond donors (Lipinski definition) is 5. The van der Waals surface area contributed by atoms with Gasteiger partial charge in [0, 0.05) is 11.5 Å². The highest BCUT2D eigenvalue weighted by atomic mass is 32.2. The van der Waals surface area contributed by atoms with Crippen LogP contribution >= 0.6 is 24.4 Å². The first-order chi connectivity index (χ1) is 37.8. The second-order valence-electron chi connectivity index (χ2n) is 20.1. The third-order valence-corrected chi connectivity index (χ3v) is 13.7. The molecule has 420 valence electrons. The number of aldehydes is 1. The molecule has 6 aromatic rings. The molecule has 0 saturated carbocycles. The van der Waals surface area contributed by atoms with Crippen molar-refractivity contribution in [2.45, 2.75) is 93.5 Å². The van der Waals surface area contributed by atoms with Gasteiger partial charge in [-0.25, -0.2) is 9.59 Å². The van der Waals surface area contributed by atoms with Gasteiger partial charge >= 0.3 is 24.1 Å². The van der Waals surface area contributed by atoms with Crippen LogP contribution in [0, 0.1) is 0 Å². The number of carbonyl (C=O) groups is 5. The Kier molecular flexibility index (Phi) is 24.2. The number of amides is 2. The maximum atomic E-state index is 12.9. The Morgan fingerprint density at radius 3 is 1.22 bits per heavy atom. The predicted octanol–water partition coefficient (Wildman–Crippen LogP) is 9.60. The van der Waals surface area contributed by atoms with E-state index in [0.717, 1.165) is 33.4 Å². The van der Waals surface area contributed by atoms with E-state index in [9.17, 15) is 24.0 Å². The molecule has 15 nitrogen and oxygen atoms in total. The number of benzene rings is 6. The van der Waals surface area contributed by atoms with Crippen LogP contribution in [0.15, 0.2) is 182 Å². The molecule has 4 unspecified atom stereocenters. The summed E-state index contributed by atoms with van der Waals surface area (Å²) in [6.45, 7) is 10.9. The van der Waals surface area contributed by atoms with E-state index in [1.54, 1.807) is 20.8 Å². The van der Waals surface area contributed by atoms with Gasteiger partial charge in [-0.3, -0.25) is 14.9 Å². The molecular formula is C62H74N4O11S2. The van der Waals surface area contributed by atoms with Gasteiger partial charge in [0.1, 0.15) is 46.8 Å². The van der Waals surface area contributed by atoms with Crippen molar-refractivity contribution < 1.29 is 52.4 Å². The largest absolute Gasteiger partial charge is 0.468 e. The van der Waals surface area contributed by atoms with Crippen molar-refractivity contribution >= 4 is 54.8 Å². The van der Waals surface area contributed by atoms with Gasteiger partial charge in [0.15, 0.2) is 0 Å². The second kappa shape index (κ2) is 30.4. The molecule has 0 aromatic heterocycles. The summed E-state index contributed by atoms with van der Waals surface area (Å²) in [4.78, 5) is 59.5. The molecule has 1 aliphatic rings. The van der Waals surface area contributed by atoms with Crippen molar-refractivity contribution in [3.63, 3.8) is 0 Å². The van der Waals surface area contributed by atoms with Gasteiger partial charge in [-0.15, -0.1) is 11.8 Å². The Hall–Kier alpha value is -6.99. The summed E-state index contributed by atoms with van der Waals surface area (Å²) in [5, 5.41) is 8.59. The normalized spacial score (nSPS) is 15.4. The van der Waals surface area contributed by atoms with Crippen molar-refractivity contribution in [3.05, 3.63) is 215 Å². The number of nitrogens with two attached hydrogens (primary N) is 1. The fourth-order valence-corrected chi connectivity index (χ4v) is 9.86. The zero-order valence-electron chi connectivity index (χ0n) is 46.0. The SMILES string of the molecule is CC(C)(C)OC(=O)NC(C=O)COC(c1ccccc1)(c1ccccc1)c1ccccc1.COC(=O)C(N)CS.COC(=O)[C@@H]1CSC(C(COC(c2ccccc2)(c2ccccc2)c2ccccc2)NC(=O)OC(C)(C)C)N1. The molecule has 6 aromatic carbocycles. The van der Waals surface area contributed by atoms with Crippen LogP contribution in [0.2, 0.25) is 0 Å². The van der Waals surface area contributed by atoms with Crippen LogP contribution in [-0.4, -0.2) is 110 Å². The molecule has 2 amide bonds. The third-order valence-electron chi connectivity index (χ3n) is 12.0. The van der Waals surface area contributed by atoms with Crippen LogP contribution in [0.25, 0.3) is 0 Å². The molecule has 0 aliphatic carbocycles. The minimum Gasteiger partial charge on any atom is -0.468 e. The number of hydrogen-bond acceptors (Lipinski definition) is 15. The topological polar surface area (TPSA) is 203 Å². The number of carbonyl (C=O) groups excluding carboxylic acids is 5. The predicted molar refractivity (Wildman–Crippen MR) is 312 cm³/mol. The third kappa shape index (κ3) is 18.3. The molecule has 5 atom stereocenters. The second-order valence-corrected chi connectivity index (χ2v) is 21.7. The number of thiol groups is 1. The molecule has 7 rings (SSSR count). The highest BCUT2D eigenvalue weighted by Crippen LogP contribution is 2.42. The molecule has 0 spiro atoms. The summed E-state index contributed by atoms with van der Waals surface area (Å²) in [5.41, 5.74) is 7.54. The molecule has 79 heavy (non-hydrogen) atoms. The average Bonchev–Trinajstić information content (AvgIpc) is 4.12. The number of alkyl carbamates (subject to hydrolysis) is 2. The quantitative estimate of drug-likeness (QED) is 0.0169. The van der Waals surface area contributed by atoms with E-state index < -0.39 is 64.7 Å². The monoisotopic (exact) mass is 1110 g/mol. The van der Waals surface area contributed by atoms with Crippen molar-refractivity contribution in [1.82, 2.24) is 16.0 Å². The van der Waals surface area contributed by atoms with Crippen LogP contribution < -0.4 is 21.7 Å². The Morgan fingerprint density at radius 2 is 0.924 bits per heavy atom. The number of esters is 2. The van der Waals surface area contributed by atoms with Crippen LogP contribution in [0.4, 0.5) is 9.59 Å². The first kappa shape index (κ1) is 62.8. The van der Waals surface area contributed by atoms with E-state index in [-0.39, 0.29) is 24.6 Å². The van der Waals surface area contributed by atoms with Crippen molar-refractivity contribution in [3.8, 4) is 0 Å². The Morgan fingerprint density at radius 1 is 0.582 bits per heavy atom. The maximum Gasteiger partial charge on any atom is 0.408 e. The molecule has 1 saturated heterocycles. The van der Waals surface area contributed by atoms with E-state index in [4.69, 9.17) is 29.4 Å². The number of nitrogens with one attached hydrogen (secondary N) is 3. The van der Waals surface area contributed by atoms with Crippen LogP contribution in [0.1, 0.15) is 74.9 Å². The summed E-state index contributed by atoms with van der Waals surface area (Å²) >= 11 is 5.32. The van der Waals surface area contributed by atoms with Gasteiger partial charge < -0.3 is 49.6 Å². The molecular weight excluding hydrogens is 1040 g/mol. The van der Waals surface area contributed by atoms with E-state index in [1.165, 1.54) is 26.0 Å². The number of thioether (sulfide) groups is 1. The van der Waals surface area contributed by atoms with E-state index in [0.29, 0.717) is 17.8 Å². The van der Waals surface area contributed by atoms with E-state index >= 15 is 0 Å². The maximum absolute atomic E-state index is 12.9. The molecule has 0 bridgehead atoms. The first-order valence-electron chi connectivity index (χ1n) is 25.7. The molecule has 1 heterocycles. The van der Waals surface area contributed by atoms with Crippen LogP contribution in [0.3, 0.4) is 0 Å². The van der Waals surface area contributed by atoms with Gasteiger partial charge in [-0.2, -0.15) is 12.6 Å². The summed E-state index contributed by atoms with van der Waals surface area (Å²) in [6.07, 6.45) is -0.553. The summed E-state index contributed by atoms with van der Waals surface area (Å²) < 4.78 is 33.6. The van der Waals surface area contributed by atoms with Gasteiger partial charge in [-0.1, -0.05) is 182 Å². The zero-order valence-corrected chi connectivity index (χ0v) is 47.7. The first-order valence-corrected chi connectivity index (χ1v) is 27.4. The lowest BCUT2D eigenvalue weighted by Crippen LogP contribution is -2.53. The number of rotatable bonds is 19. The fourth-order valence-electron chi connectivity index (χ4n) is 8.44. The van der Waals surface area contributed by atoms with Gasteiger partial charge in [0.05, 0.1) is 38.8 Å². The summed E-state index contributed by atoms with van der Waals surface area (Å²) in [5.74, 6) is 0.0895. The molecule has 5 N–H and O–H groups in total. The van der Waals surface area contributed by atoms with Crippen molar-refractivity contribution in [1.29, 1.82) is 0 Å². The van der Waals surface area contributed by atoms with E-state index in [2.05, 4.69) is 33.3 Å². The molecule has 1 aliphatic heterocycles. The molecule has 0 radical (unpaired) electrons. The van der Waals surface area contributed by atoms with Crippen LogP contribution in [-0.2, 0) is 54.0 Å². The fraction of sp³-hybridized carbons (Fsp3) is 0.339. The van der Waals surface area contributed by atoms with Crippen molar-refractivity contribution in [2.75, 3.05) is 38.9 Å². The lowest BCUT2D eigenvalue weighted by atomic mass is 9.80. The lowest BCUT2D eigenvalue weighted by Gasteiger charge is -2.38. The lowest BCUT2D eigenvalue weighted by molar-refractivity contribution is -0.142. The minimum atomic E-state index is -0.972. The molecule has 1 fully saturated rings. The Balaban J connectivity index is 0.000000259. The Labute approximate surface area is 474 Å². The summed E-state index contributed by atoms with van der Waals surface area (Å²) in [7, 11) is 2.67. The summed E-state index contributed by atoms with van der Waals surface area (Å²) in [6, 6.07) is 57.3. The minimum absolute atomic E-state index is 0.0403. The highest BCUT2D eigenvalue weighted by Gasteiger charge is 2.42. The van der Waals surface area contributed by atoms with Gasteiger partial charge in [-0.05, 0) is 74.9 Å².